The van der Waals surface area contributed by atoms with Crippen molar-refractivity contribution in [3.8, 4) is 0 Å². The highest BCUT2D eigenvalue weighted by Gasteiger charge is 1.55. The fourth-order valence-corrected chi connectivity index (χ4v) is 0.245. The molecule has 0 aromatic heterocycles. The molecule has 0 saturated carbocycles. The van der Waals surface area contributed by atoms with Crippen LogP contribution in [-0.4, -0.2) is 21.7 Å². The van der Waals surface area contributed by atoms with Gasteiger partial charge < -0.3 is 5.21 Å². The maximum absolute atomic E-state index is 7.66. The third kappa shape index (κ3) is 3.69. The Hall–Kier alpha value is -0.313. The van der Waals surface area contributed by atoms with E-state index in [9.17, 15) is 0 Å². The second-order valence-corrected chi connectivity index (χ2v) is 1.52. The van der Waals surface area contributed by atoms with Crippen molar-refractivity contribution < 1.29 is 5.21 Å². The summed E-state index contributed by atoms with van der Waals surface area (Å²) < 4.78 is 0. The number of hydrogen-bond donors (Lipinski definition) is 1. The number of rotatable bonds is 1. The third-order valence-electron chi connectivity index (χ3n) is 0.264. The predicted octanol–water partition coefficient (Wildman–Crippen LogP) is -0.770. The molecule has 0 heterocycles. The van der Waals surface area contributed by atoms with E-state index in [-0.39, 0.29) is 0 Å². The second-order valence-electron chi connectivity index (χ2n) is 0.706. The molecular weight excluding hydrogens is 82.1 g/mol. The van der Waals surface area contributed by atoms with Gasteiger partial charge in [-0.2, -0.15) is 0 Å². The van der Waals surface area contributed by atoms with E-state index in [2.05, 4.69) is 5.16 Å². The molecule has 0 atom stereocenters. The van der Waals surface area contributed by atoms with E-state index >= 15 is 0 Å². The monoisotopic (exact) mass is 89.0 g/mol. The molecule has 0 fully saturated rings. The van der Waals surface area contributed by atoms with Gasteiger partial charge in [0.1, 0.15) is 0 Å². The van der Waals surface area contributed by atoms with E-state index < -0.39 is 0 Å². The molecule has 0 rings (SSSR count). The van der Waals surface area contributed by atoms with E-state index in [1.54, 1.807) is 0 Å². The summed E-state index contributed by atoms with van der Waals surface area (Å²) in [6.07, 6.45) is 1.49. The van der Waals surface area contributed by atoms with Crippen LogP contribution in [0.3, 0.4) is 0 Å². The first-order valence-electron chi connectivity index (χ1n) is 1.57. The van der Waals surface area contributed by atoms with Crippen molar-refractivity contribution >= 4 is 16.5 Å². The van der Waals surface area contributed by atoms with Gasteiger partial charge in [-0.3, -0.25) is 0 Å². The van der Waals surface area contributed by atoms with Crippen molar-refractivity contribution in [3.63, 3.8) is 0 Å². The summed E-state index contributed by atoms with van der Waals surface area (Å²) in [7, 11) is 1.09. The zero-order valence-corrected chi connectivity index (χ0v) is 5.18. The van der Waals surface area contributed by atoms with Gasteiger partial charge in [-0.1, -0.05) is 0 Å². The Morgan fingerprint density at radius 3 is 2.60 bits per heavy atom. The van der Waals surface area contributed by atoms with Crippen molar-refractivity contribution in [3.05, 3.63) is 0 Å². The van der Waals surface area contributed by atoms with E-state index in [0.717, 1.165) is 16.3 Å². The summed E-state index contributed by atoms with van der Waals surface area (Å²) in [6, 6.07) is 0.941. The van der Waals surface area contributed by atoms with Crippen molar-refractivity contribution in [1.82, 2.24) is 0 Å². The molecule has 0 aliphatic carbocycles. The Balaban J connectivity index is 2.62. The Labute approximate surface area is 33.9 Å². The minimum atomic E-state index is 0.941. The van der Waals surface area contributed by atoms with Crippen LogP contribution in [0, 0.1) is 0 Å². The van der Waals surface area contributed by atoms with Crippen LogP contribution < -0.4 is 0 Å². The number of oxime groups is 1. The largest absolute Gasteiger partial charge is 0.411 e. The first-order chi connectivity index (χ1) is 2.41. The minimum Gasteiger partial charge on any atom is -0.411 e. The highest BCUT2D eigenvalue weighted by Crippen LogP contribution is 1.55. The highest BCUT2D eigenvalue weighted by atomic mass is 28.1. The van der Waals surface area contributed by atoms with Crippen LogP contribution in [0.2, 0.25) is 6.04 Å². The van der Waals surface area contributed by atoms with E-state index in [1.807, 2.05) is 0 Å². The average molecular weight is 89.2 g/mol. The second kappa shape index (κ2) is 3.69. The van der Waals surface area contributed by atoms with Gasteiger partial charge in [0.2, 0.25) is 0 Å². The lowest BCUT2D eigenvalue weighted by atomic mass is 10.9. The highest BCUT2D eigenvalue weighted by molar-refractivity contribution is 6.16. The molecule has 0 radical (unpaired) electrons. The summed E-state index contributed by atoms with van der Waals surface area (Å²) in [4.78, 5) is 0. The van der Waals surface area contributed by atoms with E-state index in [0.29, 0.717) is 0 Å². The molecule has 0 spiro atoms. The zero-order valence-electron chi connectivity index (χ0n) is 3.18. The molecule has 30 valence electrons. The number of hydrogen-bond acceptors (Lipinski definition) is 2. The molecule has 0 aliphatic rings. The molecule has 0 unspecified atom stereocenters. The van der Waals surface area contributed by atoms with E-state index in [4.69, 9.17) is 5.21 Å². The lowest BCUT2D eigenvalue weighted by Gasteiger charge is -1.64. The van der Waals surface area contributed by atoms with Crippen LogP contribution >= 0.6 is 0 Å². The molecule has 0 aromatic rings. The van der Waals surface area contributed by atoms with Gasteiger partial charge in [0, 0.05) is 16.5 Å². The number of nitrogens with zero attached hydrogens (tertiary/aromatic N) is 1. The van der Waals surface area contributed by atoms with Crippen molar-refractivity contribution in [2.45, 2.75) is 6.04 Å². The van der Waals surface area contributed by atoms with Crippen LogP contribution in [-0.2, 0) is 0 Å². The Kier molecular flexibility index (Phi) is 3.46. The van der Waals surface area contributed by atoms with Gasteiger partial charge in [-0.05, 0) is 6.04 Å². The van der Waals surface area contributed by atoms with Gasteiger partial charge >= 0.3 is 0 Å². The standard InChI is InChI=1S/C2H7NOSi/c4-3-1-2-5/h1,4H,2H2,5H3. The normalized spacial score (nSPS) is 10.4. The van der Waals surface area contributed by atoms with Crippen LogP contribution in [0.4, 0.5) is 0 Å². The third-order valence-corrected chi connectivity index (χ3v) is 0.629. The van der Waals surface area contributed by atoms with Crippen LogP contribution in [0.5, 0.6) is 0 Å². The van der Waals surface area contributed by atoms with Crippen LogP contribution in [0.15, 0.2) is 5.16 Å². The minimum absolute atomic E-state index is 0.941. The van der Waals surface area contributed by atoms with Crippen LogP contribution in [0.25, 0.3) is 0 Å². The Bertz CT molecular complexity index is 36.6. The van der Waals surface area contributed by atoms with Gasteiger partial charge in [-0.25, -0.2) is 0 Å². The topological polar surface area (TPSA) is 32.6 Å². The summed E-state index contributed by atoms with van der Waals surface area (Å²) >= 11 is 0. The van der Waals surface area contributed by atoms with Crippen molar-refractivity contribution in [2.24, 2.45) is 5.16 Å². The SMILES string of the molecule is ON=CC[SiH3]. The van der Waals surface area contributed by atoms with Gasteiger partial charge in [0.25, 0.3) is 0 Å². The zero-order chi connectivity index (χ0) is 4.12. The molecule has 3 heteroatoms. The average Bonchev–Trinajstić information content (AvgIpc) is 1.41. The predicted molar refractivity (Wildman–Crippen MR) is 25.0 cm³/mol. The van der Waals surface area contributed by atoms with Crippen molar-refractivity contribution in [1.29, 1.82) is 0 Å². The Morgan fingerprint density at radius 1 is 2.00 bits per heavy atom. The maximum Gasteiger partial charge on any atom is 0.0400 e. The quantitative estimate of drug-likeness (QED) is 0.194. The van der Waals surface area contributed by atoms with Crippen LogP contribution in [0.1, 0.15) is 0 Å². The molecule has 0 saturated heterocycles. The lowest BCUT2D eigenvalue weighted by molar-refractivity contribution is 0.321. The van der Waals surface area contributed by atoms with Gasteiger partial charge in [0.05, 0.1) is 0 Å². The summed E-state index contributed by atoms with van der Waals surface area (Å²) in [5, 5.41) is 10.4. The first-order valence-corrected chi connectivity index (χ1v) is 2.99. The van der Waals surface area contributed by atoms with Gasteiger partial charge in [0.15, 0.2) is 0 Å². The molecule has 0 bridgehead atoms. The smallest absolute Gasteiger partial charge is 0.0400 e. The maximum atomic E-state index is 7.66. The molecule has 0 amide bonds. The fourth-order valence-electron chi connectivity index (χ4n) is 0.0816. The summed E-state index contributed by atoms with van der Waals surface area (Å²) in [6.45, 7) is 0. The first kappa shape index (κ1) is 4.69. The van der Waals surface area contributed by atoms with E-state index in [1.165, 1.54) is 6.21 Å². The van der Waals surface area contributed by atoms with Crippen molar-refractivity contribution in [2.75, 3.05) is 0 Å². The van der Waals surface area contributed by atoms with Gasteiger partial charge in [-0.15, -0.1) is 5.16 Å². The molecule has 0 aliphatic heterocycles. The molecule has 2 nitrogen and oxygen atoms in total. The lowest BCUT2D eigenvalue weighted by Crippen LogP contribution is -1.65. The fraction of sp³-hybridized carbons (Fsp3) is 0.500. The molecular formula is C2H7NOSi. The Morgan fingerprint density at radius 2 is 2.60 bits per heavy atom. The molecule has 1 N–H and O–H groups in total. The summed E-state index contributed by atoms with van der Waals surface area (Å²) in [5.41, 5.74) is 0. The molecule has 5 heavy (non-hydrogen) atoms. The molecule has 0 aromatic carbocycles. The summed E-state index contributed by atoms with van der Waals surface area (Å²) in [5.74, 6) is 0.